The molecule has 3 rings (SSSR count). The Labute approximate surface area is 154 Å². The van der Waals surface area contributed by atoms with Crippen molar-refractivity contribution in [3.05, 3.63) is 65.0 Å². The average Bonchev–Trinajstić information content (AvgIpc) is 3.14. The lowest BCUT2D eigenvalue weighted by molar-refractivity contribution is 0.0947. The number of carbonyl (C=O) groups is 1. The molecule has 0 radical (unpaired) electrons. The molecule has 0 aliphatic carbocycles. The minimum atomic E-state index is -0.169. The highest BCUT2D eigenvalue weighted by molar-refractivity contribution is 5.96. The molecule has 2 aromatic rings. The lowest BCUT2D eigenvalue weighted by atomic mass is 10.1. The van der Waals surface area contributed by atoms with Gasteiger partial charge in [0.15, 0.2) is 0 Å². The summed E-state index contributed by atoms with van der Waals surface area (Å²) in [5.41, 5.74) is 3.22. The summed E-state index contributed by atoms with van der Waals surface area (Å²) in [5.74, 6) is 0.264. The molecular formula is C21H24N4O. The number of amides is 1. The molecule has 5 heteroatoms. The maximum atomic E-state index is 12.3. The predicted molar refractivity (Wildman–Crippen MR) is 100 cm³/mol. The van der Waals surface area contributed by atoms with E-state index in [2.05, 4.69) is 40.3 Å². The Morgan fingerprint density at radius 1 is 1.35 bits per heavy atom. The number of nitrogens with one attached hydrogen (secondary N) is 1. The lowest BCUT2D eigenvalue weighted by Crippen LogP contribution is -2.31. The summed E-state index contributed by atoms with van der Waals surface area (Å²) < 4.78 is 0. The van der Waals surface area contributed by atoms with Crippen LogP contribution in [0, 0.1) is 17.2 Å². The maximum absolute atomic E-state index is 12.3. The second kappa shape index (κ2) is 8.59. The first-order valence-electron chi connectivity index (χ1n) is 9.13. The molecule has 1 aliphatic heterocycles. The fraction of sp³-hybridized carbons (Fsp3) is 0.381. The number of likely N-dealkylation sites (tertiary alicyclic amines) is 1. The molecule has 26 heavy (non-hydrogen) atoms. The predicted octanol–water partition coefficient (Wildman–Crippen LogP) is 2.77. The number of rotatable bonds is 6. The summed E-state index contributed by atoms with van der Waals surface area (Å²) in [4.78, 5) is 19.2. The molecule has 1 saturated heterocycles. The minimum Gasteiger partial charge on any atom is -0.352 e. The number of nitrogens with zero attached hydrogens (tertiary/aromatic N) is 3. The zero-order chi connectivity index (χ0) is 18.4. The Kier molecular flexibility index (Phi) is 5.98. The molecule has 1 aromatic heterocycles. The summed E-state index contributed by atoms with van der Waals surface area (Å²) in [6.45, 7) is 5.60. The maximum Gasteiger partial charge on any atom is 0.252 e. The molecule has 1 aliphatic rings. The van der Waals surface area contributed by atoms with Gasteiger partial charge in [-0.15, -0.1) is 0 Å². The Morgan fingerprint density at radius 2 is 2.19 bits per heavy atom. The van der Waals surface area contributed by atoms with E-state index in [1.54, 1.807) is 24.3 Å². The van der Waals surface area contributed by atoms with Crippen LogP contribution in [0.15, 0.2) is 42.6 Å². The summed E-state index contributed by atoms with van der Waals surface area (Å²) >= 11 is 0. The molecule has 1 amide bonds. The van der Waals surface area contributed by atoms with E-state index < -0.39 is 0 Å². The van der Waals surface area contributed by atoms with Crippen LogP contribution in [0.2, 0.25) is 0 Å². The molecule has 134 valence electrons. The molecule has 1 fully saturated rings. The summed E-state index contributed by atoms with van der Waals surface area (Å²) in [5, 5.41) is 12.1. The van der Waals surface area contributed by atoms with Gasteiger partial charge in [-0.1, -0.05) is 25.1 Å². The van der Waals surface area contributed by atoms with Crippen LogP contribution in [-0.2, 0) is 13.0 Å². The van der Waals surface area contributed by atoms with Gasteiger partial charge in [0.1, 0.15) is 0 Å². The van der Waals surface area contributed by atoms with E-state index in [-0.39, 0.29) is 5.91 Å². The fourth-order valence-electron chi connectivity index (χ4n) is 3.32. The first-order valence-corrected chi connectivity index (χ1v) is 9.13. The summed E-state index contributed by atoms with van der Waals surface area (Å²) in [7, 11) is 0. The van der Waals surface area contributed by atoms with Crippen LogP contribution in [0.25, 0.3) is 0 Å². The van der Waals surface area contributed by atoms with Gasteiger partial charge >= 0.3 is 0 Å². The van der Waals surface area contributed by atoms with Crippen molar-refractivity contribution in [3.63, 3.8) is 0 Å². The Morgan fingerprint density at radius 3 is 2.92 bits per heavy atom. The average molecular weight is 348 g/mol. The van der Waals surface area contributed by atoms with Crippen LogP contribution < -0.4 is 5.32 Å². The van der Waals surface area contributed by atoms with Crippen LogP contribution in [0.5, 0.6) is 0 Å². The smallest absolute Gasteiger partial charge is 0.252 e. The van der Waals surface area contributed by atoms with Crippen molar-refractivity contribution >= 4 is 5.91 Å². The molecule has 1 aromatic carbocycles. The van der Waals surface area contributed by atoms with E-state index >= 15 is 0 Å². The second-order valence-electron chi connectivity index (χ2n) is 6.77. The van der Waals surface area contributed by atoms with E-state index in [1.807, 2.05) is 6.20 Å². The van der Waals surface area contributed by atoms with E-state index in [0.717, 1.165) is 38.2 Å². The Balaban J connectivity index is 1.48. The number of aryl methyl sites for hydroxylation is 1. The molecule has 2 heterocycles. The quantitative estimate of drug-likeness (QED) is 0.871. The molecular weight excluding hydrogens is 324 g/mol. The van der Waals surface area contributed by atoms with Crippen molar-refractivity contribution < 1.29 is 4.79 Å². The van der Waals surface area contributed by atoms with Crippen molar-refractivity contribution in [2.24, 2.45) is 5.92 Å². The molecule has 5 nitrogen and oxygen atoms in total. The van der Waals surface area contributed by atoms with E-state index in [1.165, 1.54) is 5.56 Å². The molecule has 1 unspecified atom stereocenters. The Hall–Kier alpha value is -2.71. The van der Waals surface area contributed by atoms with Gasteiger partial charge in [0.2, 0.25) is 0 Å². The first-order chi connectivity index (χ1) is 12.7. The lowest BCUT2D eigenvalue weighted by Gasteiger charge is -2.16. The largest absolute Gasteiger partial charge is 0.352 e. The molecule has 0 saturated carbocycles. The third kappa shape index (κ3) is 4.47. The third-order valence-corrected chi connectivity index (χ3v) is 4.89. The third-order valence-electron chi connectivity index (χ3n) is 4.89. The zero-order valence-corrected chi connectivity index (χ0v) is 15.1. The number of hydrogen-bond donors (Lipinski definition) is 1. The number of carbonyl (C=O) groups excluding carboxylic acids is 1. The van der Waals surface area contributed by atoms with Crippen molar-refractivity contribution in [2.45, 2.75) is 26.3 Å². The van der Waals surface area contributed by atoms with Crippen molar-refractivity contribution in [1.29, 1.82) is 5.26 Å². The minimum absolute atomic E-state index is 0.169. The summed E-state index contributed by atoms with van der Waals surface area (Å²) in [6.07, 6.45) is 4.02. The highest BCUT2D eigenvalue weighted by atomic mass is 16.1. The normalized spacial score (nSPS) is 17.0. The standard InChI is InChI=1S/C21H24N4O/c1-2-16-7-8-19(23-12-16)15-25-10-9-17(14-25)13-24-21(26)20-6-4-3-5-18(20)11-22/h3-8,12,17H,2,9-10,13-15H2,1H3,(H,24,26). The topological polar surface area (TPSA) is 69.0 Å². The van der Waals surface area contributed by atoms with Crippen LogP contribution in [-0.4, -0.2) is 35.4 Å². The van der Waals surface area contributed by atoms with Gasteiger partial charge in [0, 0.05) is 25.8 Å². The SMILES string of the molecule is CCc1ccc(CN2CCC(CNC(=O)c3ccccc3C#N)C2)nc1. The van der Waals surface area contributed by atoms with E-state index in [4.69, 9.17) is 5.26 Å². The van der Waals surface area contributed by atoms with Gasteiger partial charge in [-0.25, -0.2) is 0 Å². The van der Waals surface area contributed by atoms with Gasteiger partial charge in [0.05, 0.1) is 22.9 Å². The van der Waals surface area contributed by atoms with Crippen LogP contribution in [0.3, 0.4) is 0 Å². The molecule has 1 N–H and O–H groups in total. The highest BCUT2D eigenvalue weighted by Crippen LogP contribution is 2.18. The number of aromatic nitrogens is 1. The van der Waals surface area contributed by atoms with Crippen molar-refractivity contribution in [2.75, 3.05) is 19.6 Å². The number of hydrogen-bond acceptors (Lipinski definition) is 4. The number of benzene rings is 1. The highest BCUT2D eigenvalue weighted by Gasteiger charge is 2.23. The van der Waals surface area contributed by atoms with E-state index in [9.17, 15) is 4.79 Å². The van der Waals surface area contributed by atoms with Gasteiger partial charge < -0.3 is 5.32 Å². The summed E-state index contributed by atoms with van der Waals surface area (Å²) in [6, 6.07) is 13.2. The first kappa shape index (κ1) is 18.1. The zero-order valence-electron chi connectivity index (χ0n) is 15.1. The Bertz CT molecular complexity index is 794. The monoisotopic (exact) mass is 348 g/mol. The van der Waals surface area contributed by atoms with Crippen molar-refractivity contribution in [3.8, 4) is 6.07 Å². The van der Waals surface area contributed by atoms with Crippen LogP contribution >= 0.6 is 0 Å². The van der Waals surface area contributed by atoms with E-state index in [0.29, 0.717) is 23.6 Å². The molecule has 0 spiro atoms. The van der Waals surface area contributed by atoms with Gasteiger partial charge in [0.25, 0.3) is 5.91 Å². The van der Waals surface area contributed by atoms with Crippen molar-refractivity contribution in [1.82, 2.24) is 15.2 Å². The number of pyridine rings is 1. The second-order valence-corrected chi connectivity index (χ2v) is 6.77. The van der Waals surface area contributed by atoms with Gasteiger partial charge in [-0.05, 0) is 49.1 Å². The van der Waals surface area contributed by atoms with Gasteiger partial charge in [-0.3, -0.25) is 14.7 Å². The van der Waals surface area contributed by atoms with Crippen LogP contribution in [0.4, 0.5) is 0 Å². The molecule has 1 atom stereocenters. The molecule has 0 bridgehead atoms. The fourth-order valence-corrected chi connectivity index (χ4v) is 3.32. The van der Waals surface area contributed by atoms with Gasteiger partial charge in [-0.2, -0.15) is 5.26 Å². The van der Waals surface area contributed by atoms with Crippen LogP contribution in [0.1, 0.15) is 40.5 Å². The number of nitriles is 1.